The Kier molecular flexibility index (Phi) is 4.69. The van der Waals surface area contributed by atoms with Crippen molar-refractivity contribution in [1.82, 2.24) is 5.32 Å². The fourth-order valence-electron chi connectivity index (χ4n) is 1.46. The fraction of sp³-hybridized carbons (Fsp3) is 0.500. The maximum Gasteiger partial charge on any atom is 0.326 e. The molecule has 17 heavy (non-hydrogen) atoms. The molecule has 0 spiro atoms. The van der Waals surface area contributed by atoms with Gasteiger partial charge in [0.25, 0.3) is 0 Å². The van der Waals surface area contributed by atoms with Gasteiger partial charge in [-0.25, -0.2) is 4.79 Å². The number of nitrogens with one attached hydrogen (secondary N) is 1. The second-order valence-corrected chi connectivity index (χ2v) is 5.28. The summed E-state index contributed by atoms with van der Waals surface area (Å²) in [5, 5.41) is 13.5. The molecule has 1 aromatic heterocycles. The number of rotatable bonds is 5. The number of carbonyl (C=O) groups is 2. The lowest BCUT2D eigenvalue weighted by Gasteiger charge is -2.20. The van der Waals surface area contributed by atoms with Crippen LogP contribution in [0.4, 0.5) is 0 Å². The number of carboxylic acids is 1. The Morgan fingerprint density at radius 1 is 1.35 bits per heavy atom. The van der Waals surface area contributed by atoms with E-state index in [0.717, 1.165) is 4.88 Å². The number of aliphatic carboxylic acids is 1. The molecule has 94 valence electrons. The van der Waals surface area contributed by atoms with Gasteiger partial charge in [-0.05, 0) is 24.3 Å². The maximum atomic E-state index is 11.9. The number of hydrogen-bond acceptors (Lipinski definition) is 3. The molecule has 0 saturated carbocycles. The lowest BCUT2D eigenvalue weighted by atomic mass is 10.0. The first-order chi connectivity index (χ1) is 7.93. The average Bonchev–Trinajstić information content (AvgIpc) is 2.76. The number of hydrogen-bond donors (Lipinski definition) is 2. The van der Waals surface area contributed by atoms with Crippen LogP contribution in [0.1, 0.15) is 31.6 Å². The van der Waals surface area contributed by atoms with E-state index in [0.29, 0.717) is 0 Å². The van der Waals surface area contributed by atoms with Crippen molar-refractivity contribution in [3.05, 3.63) is 22.4 Å². The van der Waals surface area contributed by atoms with Crippen LogP contribution in [-0.4, -0.2) is 23.0 Å². The highest BCUT2D eigenvalue weighted by Gasteiger charge is 2.26. The molecule has 0 aliphatic rings. The molecule has 0 radical (unpaired) electrons. The molecule has 2 N–H and O–H groups in total. The van der Waals surface area contributed by atoms with Crippen LogP contribution < -0.4 is 5.32 Å². The Balaban J connectivity index is 2.68. The summed E-state index contributed by atoms with van der Waals surface area (Å²) in [5.74, 6) is -1.68. The summed E-state index contributed by atoms with van der Waals surface area (Å²) in [6, 6.07) is 2.92. The summed E-state index contributed by atoms with van der Waals surface area (Å²) in [6.45, 7) is 5.32. The second kappa shape index (κ2) is 5.82. The highest BCUT2D eigenvalue weighted by atomic mass is 32.1. The first kappa shape index (κ1) is 13.7. The lowest BCUT2D eigenvalue weighted by Crippen LogP contribution is -2.45. The van der Waals surface area contributed by atoms with Crippen LogP contribution in [0, 0.1) is 5.92 Å². The number of amides is 1. The van der Waals surface area contributed by atoms with E-state index in [9.17, 15) is 9.59 Å². The monoisotopic (exact) mass is 255 g/mol. The Morgan fingerprint density at radius 3 is 2.41 bits per heavy atom. The van der Waals surface area contributed by atoms with Crippen LogP contribution in [0.3, 0.4) is 0 Å². The Labute approximate surface area is 105 Å². The molecule has 0 fully saturated rings. The molecule has 1 rings (SSSR count). The van der Waals surface area contributed by atoms with Crippen LogP contribution in [0.25, 0.3) is 0 Å². The molecule has 0 saturated heterocycles. The number of thiophene rings is 1. The summed E-state index contributed by atoms with van der Waals surface area (Å²) in [6.07, 6.45) is 0. The first-order valence-electron chi connectivity index (χ1n) is 5.50. The van der Waals surface area contributed by atoms with Crippen molar-refractivity contribution in [1.29, 1.82) is 0 Å². The minimum atomic E-state index is -0.994. The van der Waals surface area contributed by atoms with Gasteiger partial charge in [0.2, 0.25) is 5.91 Å². The highest BCUT2D eigenvalue weighted by molar-refractivity contribution is 7.10. The van der Waals surface area contributed by atoms with Gasteiger partial charge in [0.05, 0.1) is 5.92 Å². The van der Waals surface area contributed by atoms with Gasteiger partial charge in [-0.3, -0.25) is 4.79 Å². The molecular formula is C12H17NO3S. The standard InChI is InChI=1S/C12H17NO3S/c1-7(2)10(12(15)16)13-11(14)8(3)9-5-4-6-17-9/h4-8,10H,1-3H3,(H,13,14)(H,15,16)/t8-,10+/m1/s1. The molecule has 1 heterocycles. The minimum absolute atomic E-state index is 0.132. The topological polar surface area (TPSA) is 66.4 Å². The van der Waals surface area contributed by atoms with Gasteiger partial charge in [-0.1, -0.05) is 19.9 Å². The van der Waals surface area contributed by atoms with E-state index in [4.69, 9.17) is 5.11 Å². The van der Waals surface area contributed by atoms with Gasteiger partial charge in [0.15, 0.2) is 0 Å². The van der Waals surface area contributed by atoms with Gasteiger partial charge < -0.3 is 10.4 Å². The van der Waals surface area contributed by atoms with Crippen molar-refractivity contribution in [2.45, 2.75) is 32.7 Å². The number of carbonyl (C=O) groups excluding carboxylic acids is 1. The zero-order valence-electron chi connectivity index (χ0n) is 10.1. The molecule has 0 aromatic carbocycles. The fourth-order valence-corrected chi connectivity index (χ4v) is 2.24. The van der Waals surface area contributed by atoms with E-state index in [1.165, 1.54) is 11.3 Å². The molecule has 0 unspecified atom stereocenters. The molecule has 1 amide bonds. The summed E-state index contributed by atoms with van der Waals surface area (Å²) >= 11 is 1.49. The zero-order valence-corrected chi connectivity index (χ0v) is 11.0. The van der Waals surface area contributed by atoms with Crippen molar-refractivity contribution in [3.8, 4) is 0 Å². The van der Waals surface area contributed by atoms with Gasteiger partial charge in [0, 0.05) is 4.88 Å². The average molecular weight is 255 g/mol. The largest absolute Gasteiger partial charge is 0.480 e. The van der Waals surface area contributed by atoms with E-state index < -0.39 is 12.0 Å². The van der Waals surface area contributed by atoms with Crippen molar-refractivity contribution in [3.63, 3.8) is 0 Å². The smallest absolute Gasteiger partial charge is 0.326 e. The summed E-state index contributed by atoms with van der Waals surface area (Å²) < 4.78 is 0. The van der Waals surface area contributed by atoms with Gasteiger partial charge >= 0.3 is 5.97 Å². The molecule has 5 heteroatoms. The SMILES string of the molecule is CC(C)[C@H](NC(=O)[C@H](C)c1cccs1)C(=O)O. The normalized spacial score (nSPS) is 14.4. The van der Waals surface area contributed by atoms with E-state index >= 15 is 0 Å². The van der Waals surface area contributed by atoms with Crippen LogP contribution in [0.2, 0.25) is 0 Å². The van der Waals surface area contributed by atoms with E-state index in [1.807, 2.05) is 17.5 Å². The molecule has 4 nitrogen and oxygen atoms in total. The van der Waals surface area contributed by atoms with E-state index in [-0.39, 0.29) is 17.7 Å². The van der Waals surface area contributed by atoms with Crippen molar-refractivity contribution in [2.75, 3.05) is 0 Å². The van der Waals surface area contributed by atoms with E-state index in [2.05, 4.69) is 5.32 Å². The van der Waals surface area contributed by atoms with Crippen molar-refractivity contribution < 1.29 is 14.7 Å². The van der Waals surface area contributed by atoms with Crippen molar-refractivity contribution in [2.24, 2.45) is 5.92 Å². The van der Waals surface area contributed by atoms with Crippen LogP contribution in [-0.2, 0) is 9.59 Å². The third kappa shape index (κ3) is 3.56. The molecule has 1 aromatic rings. The van der Waals surface area contributed by atoms with Gasteiger partial charge in [0.1, 0.15) is 6.04 Å². The van der Waals surface area contributed by atoms with Crippen LogP contribution >= 0.6 is 11.3 Å². The van der Waals surface area contributed by atoms with Crippen LogP contribution in [0.15, 0.2) is 17.5 Å². The second-order valence-electron chi connectivity index (χ2n) is 4.31. The summed E-state index contributed by atoms with van der Waals surface area (Å²) in [4.78, 5) is 23.8. The Bertz CT molecular complexity index is 386. The lowest BCUT2D eigenvalue weighted by molar-refractivity contribution is -0.143. The third-order valence-electron chi connectivity index (χ3n) is 2.59. The molecule has 0 bridgehead atoms. The Hall–Kier alpha value is -1.36. The summed E-state index contributed by atoms with van der Waals surface area (Å²) in [7, 11) is 0. The van der Waals surface area contributed by atoms with Gasteiger partial charge in [-0.2, -0.15) is 0 Å². The number of carboxylic acid groups (broad SMARTS) is 1. The van der Waals surface area contributed by atoms with Crippen molar-refractivity contribution >= 4 is 23.2 Å². The zero-order chi connectivity index (χ0) is 13.0. The van der Waals surface area contributed by atoms with E-state index in [1.54, 1.807) is 20.8 Å². The first-order valence-corrected chi connectivity index (χ1v) is 6.38. The molecule has 0 aliphatic heterocycles. The minimum Gasteiger partial charge on any atom is -0.480 e. The third-order valence-corrected chi connectivity index (χ3v) is 3.65. The highest BCUT2D eigenvalue weighted by Crippen LogP contribution is 2.21. The Morgan fingerprint density at radius 2 is 2.00 bits per heavy atom. The maximum absolute atomic E-state index is 11.9. The molecule has 0 aliphatic carbocycles. The summed E-state index contributed by atoms with van der Waals surface area (Å²) in [5.41, 5.74) is 0. The predicted molar refractivity (Wildman–Crippen MR) is 67.1 cm³/mol. The quantitative estimate of drug-likeness (QED) is 0.846. The predicted octanol–water partition coefficient (Wildman–Crippen LogP) is 2.08. The molecule has 2 atom stereocenters. The molecular weight excluding hydrogens is 238 g/mol. The van der Waals surface area contributed by atoms with Crippen LogP contribution in [0.5, 0.6) is 0 Å². The van der Waals surface area contributed by atoms with Gasteiger partial charge in [-0.15, -0.1) is 11.3 Å².